The van der Waals surface area contributed by atoms with Crippen LogP contribution < -0.4 is 11.1 Å². The zero-order valence-corrected chi connectivity index (χ0v) is 12.4. The minimum absolute atomic E-state index is 0. The van der Waals surface area contributed by atoms with Crippen LogP contribution in [0.5, 0.6) is 0 Å². The molecule has 1 aromatic carbocycles. The fraction of sp³-hybridized carbons (Fsp3) is 0.533. The molecule has 19 heavy (non-hydrogen) atoms. The topological polar surface area (TPSA) is 55.1 Å². The Morgan fingerprint density at radius 3 is 2.58 bits per heavy atom. The summed E-state index contributed by atoms with van der Waals surface area (Å²) in [6, 6.07) is 8.45. The van der Waals surface area contributed by atoms with Gasteiger partial charge in [0.15, 0.2) is 0 Å². The fourth-order valence-corrected chi connectivity index (χ4v) is 2.22. The van der Waals surface area contributed by atoms with Crippen LogP contribution >= 0.6 is 12.4 Å². The van der Waals surface area contributed by atoms with Gasteiger partial charge < -0.3 is 11.1 Å². The molecule has 0 saturated heterocycles. The van der Waals surface area contributed by atoms with E-state index in [2.05, 4.69) is 24.4 Å². The van der Waals surface area contributed by atoms with Gasteiger partial charge in [-0.15, -0.1) is 12.4 Å². The predicted molar refractivity (Wildman–Crippen MR) is 80.3 cm³/mol. The molecule has 0 spiro atoms. The van der Waals surface area contributed by atoms with Crippen LogP contribution in [0.1, 0.15) is 36.9 Å². The molecule has 3 N–H and O–H groups in total. The summed E-state index contributed by atoms with van der Waals surface area (Å²) in [6.07, 6.45) is 2.41. The summed E-state index contributed by atoms with van der Waals surface area (Å²) in [5.41, 5.74) is 8.04. The number of nitrogens with one attached hydrogen (secondary N) is 1. The van der Waals surface area contributed by atoms with Gasteiger partial charge in [-0.05, 0) is 36.8 Å². The highest BCUT2D eigenvalue weighted by Gasteiger charge is 2.34. The van der Waals surface area contributed by atoms with Gasteiger partial charge in [0.25, 0.3) is 0 Å². The van der Waals surface area contributed by atoms with Crippen LogP contribution in [-0.4, -0.2) is 12.5 Å². The van der Waals surface area contributed by atoms with E-state index in [-0.39, 0.29) is 30.3 Å². The van der Waals surface area contributed by atoms with Crippen molar-refractivity contribution in [3.63, 3.8) is 0 Å². The number of hydrogen-bond acceptors (Lipinski definition) is 2. The van der Waals surface area contributed by atoms with Crippen molar-refractivity contribution in [1.29, 1.82) is 0 Å². The Morgan fingerprint density at radius 2 is 2.05 bits per heavy atom. The number of halogens is 1. The standard InChI is InChI=1S/C15H22N2O.ClH/c1-10-5-3-4-6-13(10)14(12-7-8-12)17-15(18)11(2)9-16;/h3-6,11-12,14H,7-9,16H2,1-2H3,(H,17,18);1H. The van der Waals surface area contributed by atoms with E-state index in [4.69, 9.17) is 5.73 Å². The molecule has 1 aliphatic carbocycles. The lowest BCUT2D eigenvalue weighted by Crippen LogP contribution is -2.37. The van der Waals surface area contributed by atoms with Crippen LogP contribution in [0.3, 0.4) is 0 Å². The average Bonchev–Trinajstić information content (AvgIpc) is 3.20. The monoisotopic (exact) mass is 282 g/mol. The summed E-state index contributed by atoms with van der Waals surface area (Å²) in [5.74, 6) is 0.549. The third-order valence-corrected chi connectivity index (χ3v) is 3.72. The van der Waals surface area contributed by atoms with Gasteiger partial charge in [-0.25, -0.2) is 0 Å². The maximum Gasteiger partial charge on any atom is 0.224 e. The average molecular weight is 283 g/mol. The summed E-state index contributed by atoms with van der Waals surface area (Å²) in [7, 11) is 0. The molecule has 2 unspecified atom stereocenters. The molecule has 3 nitrogen and oxygen atoms in total. The zero-order chi connectivity index (χ0) is 13.1. The highest BCUT2D eigenvalue weighted by molar-refractivity contribution is 5.85. The Labute approximate surface area is 121 Å². The van der Waals surface area contributed by atoms with Gasteiger partial charge in [0.2, 0.25) is 5.91 Å². The number of nitrogens with two attached hydrogens (primary N) is 1. The second-order valence-corrected chi connectivity index (χ2v) is 5.32. The second-order valence-electron chi connectivity index (χ2n) is 5.32. The minimum atomic E-state index is -0.115. The molecule has 1 amide bonds. The number of aryl methyl sites for hydroxylation is 1. The van der Waals surface area contributed by atoms with E-state index in [1.54, 1.807) is 0 Å². The first-order chi connectivity index (χ1) is 8.63. The Bertz CT molecular complexity index is 432. The molecule has 1 aliphatic rings. The van der Waals surface area contributed by atoms with Crippen molar-refractivity contribution in [2.24, 2.45) is 17.6 Å². The van der Waals surface area contributed by atoms with Gasteiger partial charge in [0.1, 0.15) is 0 Å². The van der Waals surface area contributed by atoms with Crippen molar-refractivity contribution in [3.05, 3.63) is 35.4 Å². The maximum absolute atomic E-state index is 12.0. The lowest BCUT2D eigenvalue weighted by Gasteiger charge is -2.22. The number of carbonyl (C=O) groups excluding carboxylic acids is 1. The molecule has 1 aromatic rings. The lowest BCUT2D eigenvalue weighted by molar-refractivity contribution is -0.125. The summed E-state index contributed by atoms with van der Waals surface area (Å²) in [6.45, 7) is 4.37. The number of rotatable bonds is 5. The zero-order valence-electron chi connectivity index (χ0n) is 11.6. The Hall–Kier alpha value is -1.06. The molecule has 0 aromatic heterocycles. The normalized spacial score (nSPS) is 17.2. The molecule has 4 heteroatoms. The predicted octanol–water partition coefficient (Wildman–Crippen LogP) is 2.58. The van der Waals surface area contributed by atoms with E-state index in [1.807, 2.05) is 19.1 Å². The number of hydrogen-bond donors (Lipinski definition) is 2. The largest absolute Gasteiger partial charge is 0.349 e. The van der Waals surface area contributed by atoms with Crippen molar-refractivity contribution < 1.29 is 4.79 Å². The molecule has 0 bridgehead atoms. The molecule has 0 heterocycles. The molecule has 106 valence electrons. The van der Waals surface area contributed by atoms with Crippen molar-refractivity contribution in [2.75, 3.05) is 6.54 Å². The molecule has 2 rings (SSSR count). The SMILES string of the molecule is Cc1ccccc1C(NC(=O)C(C)CN)C1CC1.Cl. The summed E-state index contributed by atoms with van der Waals surface area (Å²) < 4.78 is 0. The highest BCUT2D eigenvalue weighted by Crippen LogP contribution is 2.41. The summed E-state index contributed by atoms with van der Waals surface area (Å²) in [5, 5.41) is 3.17. The van der Waals surface area contributed by atoms with Crippen molar-refractivity contribution >= 4 is 18.3 Å². The third kappa shape index (κ3) is 3.95. The van der Waals surface area contributed by atoms with Gasteiger partial charge in [0, 0.05) is 12.5 Å². The first kappa shape index (κ1) is 16.0. The van der Waals surface area contributed by atoms with Crippen LogP contribution in [-0.2, 0) is 4.79 Å². The van der Waals surface area contributed by atoms with Crippen LogP contribution in [0.25, 0.3) is 0 Å². The van der Waals surface area contributed by atoms with Gasteiger partial charge >= 0.3 is 0 Å². The highest BCUT2D eigenvalue weighted by atomic mass is 35.5. The molecule has 0 radical (unpaired) electrons. The summed E-state index contributed by atoms with van der Waals surface area (Å²) >= 11 is 0. The van der Waals surface area contributed by atoms with Crippen LogP contribution in [0.4, 0.5) is 0 Å². The van der Waals surface area contributed by atoms with E-state index >= 15 is 0 Å². The van der Waals surface area contributed by atoms with Crippen molar-refractivity contribution in [1.82, 2.24) is 5.32 Å². The van der Waals surface area contributed by atoms with Gasteiger partial charge in [-0.2, -0.15) is 0 Å². The Kier molecular flexibility index (Phi) is 5.83. The number of carbonyl (C=O) groups is 1. The first-order valence-electron chi connectivity index (χ1n) is 6.69. The van der Waals surface area contributed by atoms with E-state index in [1.165, 1.54) is 24.0 Å². The molecular formula is C15H23ClN2O. The Morgan fingerprint density at radius 1 is 1.42 bits per heavy atom. The fourth-order valence-electron chi connectivity index (χ4n) is 2.22. The van der Waals surface area contributed by atoms with Gasteiger partial charge in [-0.1, -0.05) is 31.2 Å². The van der Waals surface area contributed by atoms with Crippen molar-refractivity contribution in [2.45, 2.75) is 32.7 Å². The third-order valence-electron chi connectivity index (χ3n) is 3.72. The van der Waals surface area contributed by atoms with E-state index in [0.29, 0.717) is 12.5 Å². The maximum atomic E-state index is 12.0. The second kappa shape index (κ2) is 6.92. The minimum Gasteiger partial charge on any atom is -0.349 e. The molecule has 0 aliphatic heterocycles. The molecule has 1 saturated carbocycles. The first-order valence-corrected chi connectivity index (χ1v) is 6.69. The molecular weight excluding hydrogens is 260 g/mol. The number of amides is 1. The van der Waals surface area contributed by atoms with E-state index in [9.17, 15) is 4.79 Å². The molecule has 1 fully saturated rings. The van der Waals surface area contributed by atoms with Crippen LogP contribution in [0.15, 0.2) is 24.3 Å². The van der Waals surface area contributed by atoms with Crippen molar-refractivity contribution in [3.8, 4) is 0 Å². The van der Waals surface area contributed by atoms with Gasteiger partial charge in [-0.3, -0.25) is 4.79 Å². The van der Waals surface area contributed by atoms with E-state index in [0.717, 1.165) is 0 Å². The van der Waals surface area contributed by atoms with Crippen LogP contribution in [0, 0.1) is 18.8 Å². The molecule has 2 atom stereocenters. The van der Waals surface area contributed by atoms with E-state index < -0.39 is 0 Å². The van der Waals surface area contributed by atoms with Gasteiger partial charge in [0.05, 0.1) is 6.04 Å². The number of benzene rings is 1. The lowest BCUT2D eigenvalue weighted by atomic mass is 9.97. The summed E-state index contributed by atoms with van der Waals surface area (Å²) in [4.78, 5) is 12.0. The van der Waals surface area contributed by atoms with Crippen LogP contribution in [0.2, 0.25) is 0 Å². The smallest absolute Gasteiger partial charge is 0.224 e. The quantitative estimate of drug-likeness (QED) is 0.872. The Balaban J connectivity index is 0.00000180.